The summed E-state index contributed by atoms with van der Waals surface area (Å²) in [6, 6.07) is 13.3. The molecule has 0 atom stereocenters. The lowest BCUT2D eigenvalue weighted by atomic mass is 10.1. The van der Waals surface area contributed by atoms with Gasteiger partial charge in [-0.15, -0.1) is 0 Å². The Balaban J connectivity index is 1.68. The molecule has 0 spiro atoms. The predicted octanol–water partition coefficient (Wildman–Crippen LogP) is 3.25. The number of amides is 1. The van der Waals surface area contributed by atoms with E-state index in [1.165, 1.54) is 24.3 Å². The van der Waals surface area contributed by atoms with Crippen LogP contribution in [0.4, 0.5) is 10.1 Å². The largest absolute Gasteiger partial charge is 0.325 e. The van der Waals surface area contributed by atoms with Crippen LogP contribution in [0.15, 0.2) is 48.5 Å². The lowest BCUT2D eigenvalue weighted by molar-refractivity contribution is -0.115. The van der Waals surface area contributed by atoms with Gasteiger partial charge in [0.1, 0.15) is 5.82 Å². The van der Waals surface area contributed by atoms with Crippen molar-refractivity contribution in [1.82, 2.24) is 5.32 Å². The van der Waals surface area contributed by atoms with Crippen molar-refractivity contribution in [1.29, 1.82) is 0 Å². The highest BCUT2D eigenvalue weighted by Gasteiger charge is 2.02. The topological polar surface area (TPSA) is 41.1 Å². The van der Waals surface area contributed by atoms with E-state index in [-0.39, 0.29) is 18.3 Å². The zero-order chi connectivity index (χ0) is 15.1. The molecule has 2 rings (SSSR count). The van der Waals surface area contributed by atoms with E-state index in [1.807, 2.05) is 24.3 Å². The summed E-state index contributed by atoms with van der Waals surface area (Å²) in [4.78, 5) is 11.7. The molecule has 3 nitrogen and oxygen atoms in total. The molecular formula is C16H16ClFN2O. The van der Waals surface area contributed by atoms with Crippen LogP contribution in [0.3, 0.4) is 0 Å². The number of hydrogen-bond donors (Lipinski definition) is 2. The van der Waals surface area contributed by atoms with Gasteiger partial charge < -0.3 is 10.6 Å². The fourth-order valence-electron chi connectivity index (χ4n) is 1.87. The van der Waals surface area contributed by atoms with Gasteiger partial charge in [0.2, 0.25) is 5.91 Å². The lowest BCUT2D eigenvalue weighted by Gasteiger charge is -2.07. The number of carbonyl (C=O) groups excluding carboxylic acids is 1. The van der Waals surface area contributed by atoms with Crippen molar-refractivity contribution in [2.24, 2.45) is 0 Å². The second-order valence-corrected chi connectivity index (χ2v) is 5.05. The highest BCUT2D eigenvalue weighted by Crippen LogP contribution is 2.10. The number of halogens is 2. The molecule has 0 radical (unpaired) electrons. The fourth-order valence-corrected chi connectivity index (χ4v) is 2.08. The summed E-state index contributed by atoms with van der Waals surface area (Å²) < 4.78 is 12.7. The minimum atomic E-state index is -0.326. The lowest BCUT2D eigenvalue weighted by Crippen LogP contribution is -2.29. The Morgan fingerprint density at radius 2 is 1.90 bits per heavy atom. The molecule has 2 N–H and O–H groups in total. The van der Waals surface area contributed by atoms with Gasteiger partial charge in [-0.25, -0.2) is 4.39 Å². The normalized spacial score (nSPS) is 10.4. The first-order valence-corrected chi connectivity index (χ1v) is 7.02. The number of anilines is 1. The SMILES string of the molecule is O=C(CNCCc1cccc(Cl)c1)Nc1ccc(F)cc1. The van der Waals surface area contributed by atoms with Crippen molar-refractivity contribution < 1.29 is 9.18 Å². The van der Waals surface area contributed by atoms with Crippen LogP contribution in [0.25, 0.3) is 0 Å². The fraction of sp³-hybridized carbons (Fsp3) is 0.188. The average molecular weight is 307 g/mol. The zero-order valence-corrected chi connectivity index (χ0v) is 12.2. The minimum absolute atomic E-state index is 0.160. The molecule has 0 fully saturated rings. The van der Waals surface area contributed by atoms with Gasteiger partial charge in [-0.1, -0.05) is 23.7 Å². The maximum atomic E-state index is 12.7. The Bertz CT molecular complexity index is 601. The summed E-state index contributed by atoms with van der Waals surface area (Å²) >= 11 is 5.90. The van der Waals surface area contributed by atoms with E-state index in [4.69, 9.17) is 11.6 Å². The summed E-state index contributed by atoms with van der Waals surface area (Å²) in [6.07, 6.45) is 0.796. The summed E-state index contributed by atoms with van der Waals surface area (Å²) in [7, 11) is 0. The molecule has 0 aliphatic carbocycles. The summed E-state index contributed by atoms with van der Waals surface area (Å²) in [5.74, 6) is -0.486. The standard InChI is InChI=1S/C16H16ClFN2O/c17-13-3-1-2-12(10-13)8-9-19-11-16(21)20-15-6-4-14(18)5-7-15/h1-7,10,19H,8-9,11H2,(H,20,21). The molecule has 1 amide bonds. The smallest absolute Gasteiger partial charge is 0.238 e. The average Bonchev–Trinajstić information content (AvgIpc) is 2.46. The first kappa shape index (κ1) is 15.5. The highest BCUT2D eigenvalue weighted by atomic mass is 35.5. The van der Waals surface area contributed by atoms with E-state index in [0.717, 1.165) is 12.0 Å². The van der Waals surface area contributed by atoms with Crippen LogP contribution >= 0.6 is 11.6 Å². The van der Waals surface area contributed by atoms with Crippen molar-refractivity contribution in [3.63, 3.8) is 0 Å². The molecule has 2 aromatic carbocycles. The minimum Gasteiger partial charge on any atom is -0.325 e. The van der Waals surface area contributed by atoms with Crippen molar-refractivity contribution in [3.8, 4) is 0 Å². The molecule has 0 aromatic heterocycles. The molecule has 0 aliphatic heterocycles. The van der Waals surface area contributed by atoms with E-state index >= 15 is 0 Å². The maximum absolute atomic E-state index is 12.7. The van der Waals surface area contributed by atoms with E-state index < -0.39 is 0 Å². The van der Waals surface area contributed by atoms with Crippen LogP contribution in [-0.2, 0) is 11.2 Å². The molecule has 0 saturated carbocycles. The molecule has 5 heteroatoms. The Kier molecular flexibility index (Phi) is 5.72. The van der Waals surface area contributed by atoms with Gasteiger partial charge in [0, 0.05) is 10.7 Å². The molecule has 0 saturated heterocycles. The van der Waals surface area contributed by atoms with E-state index in [0.29, 0.717) is 17.3 Å². The van der Waals surface area contributed by atoms with Crippen molar-refractivity contribution in [2.75, 3.05) is 18.4 Å². The van der Waals surface area contributed by atoms with Crippen LogP contribution in [-0.4, -0.2) is 19.0 Å². The third kappa shape index (κ3) is 5.53. The van der Waals surface area contributed by atoms with Crippen LogP contribution in [0.5, 0.6) is 0 Å². The van der Waals surface area contributed by atoms with Crippen LogP contribution in [0.2, 0.25) is 5.02 Å². The maximum Gasteiger partial charge on any atom is 0.238 e. The Morgan fingerprint density at radius 3 is 2.62 bits per heavy atom. The highest BCUT2D eigenvalue weighted by molar-refractivity contribution is 6.30. The van der Waals surface area contributed by atoms with Gasteiger partial charge in [-0.3, -0.25) is 4.79 Å². The van der Waals surface area contributed by atoms with Gasteiger partial charge >= 0.3 is 0 Å². The van der Waals surface area contributed by atoms with Crippen LogP contribution in [0, 0.1) is 5.82 Å². The molecule has 0 unspecified atom stereocenters. The molecule has 0 aliphatic rings. The third-order valence-electron chi connectivity index (χ3n) is 2.89. The van der Waals surface area contributed by atoms with Crippen molar-refractivity contribution in [2.45, 2.75) is 6.42 Å². The zero-order valence-electron chi connectivity index (χ0n) is 11.4. The number of rotatable bonds is 6. The summed E-state index contributed by atoms with van der Waals surface area (Å²) in [5, 5.41) is 6.45. The third-order valence-corrected chi connectivity index (χ3v) is 3.13. The second-order valence-electron chi connectivity index (χ2n) is 4.61. The van der Waals surface area contributed by atoms with E-state index in [9.17, 15) is 9.18 Å². The summed E-state index contributed by atoms with van der Waals surface area (Å²) in [6.45, 7) is 0.884. The van der Waals surface area contributed by atoms with E-state index in [2.05, 4.69) is 10.6 Å². The molecule has 0 bridgehead atoms. The van der Waals surface area contributed by atoms with Gasteiger partial charge in [0.15, 0.2) is 0 Å². The summed E-state index contributed by atoms with van der Waals surface area (Å²) in [5.41, 5.74) is 1.70. The van der Waals surface area contributed by atoms with Crippen molar-refractivity contribution in [3.05, 3.63) is 64.9 Å². The number of hydrogen-bond acceptors (Lipinski definition) is 2. The Hall–Kier alpha value is -1.91. The van der Waals surface area contributed by atoms with Gasteiger partial charge in [0.05, 0.1) is 6.54 Å². The second kappa shape index (κ2) is 7.76. The van der Waals surface area contributed by atoms with Crippen LogP contribution in [0.1, 0.15) is 5.56 Å². The monoisotopic (exact) mass is 306 g/mol. The predicted molar refractivity (Wildman–Crippen MR) is 83.1 cm³/mol. The number of benzene rings is 2. The first-order chi connectivity index (χ1) is 10.1. The first-order valence-electron chi connectivity index (χ1n) is 6.64. The Morgan fingerprint density at radius 1 is 1.14 bits per heavy atom. The molecule has 2 aromatic rings. The quantitative estimate of drug-likeness (QED) is 0.804. The number of nitrogens with one attached hydrogen (secondary N) is 2. The van der Waals surface area contributed by atoms with Gasteiger partial charge in [-0.05, 0) is 54.9 Å². The van der Waals surface area contributed by atoms with Gasteiger partial charge in [-0.2, -0.15) is 0 Å². The Labute approximate surface area is 128 Å². The van der Waals surface area contributed by atoms with Crippen molar-refractivity contribution >= 4 is 23.2 Å². The van der Waals surface area contributed by atoms with Crippen LogP contribution < -0.4 is 10.6 Å². The molecule has 110 valence electrons. The molecule has 0 heterocycles. The van der Waals surface area contributed by atoms with Gasteiger partial charge in [0.25, 0.3) is 0 Å². The molecular weight excluding hydrogens is 291 g/mol. The number of carbonyl (C=O) groups is 1. The van der Waals surface area contributed by atoms with E-state index in [1.54, 1.807) is 0 Å². The molecule has 21 heavy (non-hydrogen) atoms.